The number of fused-ring (bicyclic) bond motifs is 3. The minimum atomic E-state index is -1.19. The number of benzene rings is 2. The topological polar surface area (TPSA) is 114 Å². The second kappa shape index (κ2) is 10.1. The molecule has 0 saturated carbocycles. The first-order valence-electron chi connectivity index (χ1n) is 10.1. The first-order valence-corrected chi connectivity index (χ1v) is 10.1. The van der Waals surface area contributed by atoms with Gasteiger partial charge in [-0.25, -0.2) is 9.59 Å². The molecule has 8 nitrogen and oxygen atoms in total. The lowest BCUT2D eigenvalue weighted by atomic mass is 9.98. The van der Waals surface area contributed by atoms with Crippen LogP contribution < -0.4 is 10.6 Å². The molecular weight excluding hydrogens is 400 g/mol. The summed E-state index contributed by atoms with van der Waals surface area (Å²) in [6, 6.07) is 14.9. The Bertz CT molecular complexity index is 915. The SMILES string of the molecule is COC(C)C(NC(=O)CCNC(=O)OCC1c2ccccc2-c2ccccc21)C(=O)O. The van der Waals surface area contributed by atoms with Crippen LogP contribution in [0.2, 0.25) is 0 Å². The van der Waals surface area contributed by atoms with E-state index in [4.69, 9.17) is 14.6 Å². The van der Waals surface area contributed by atoms with Crippen molar-refractivity contribution < 1.29 is 29.0 Å². The standard InChI is InChI=1S/C23H26N2O6/c1-14(30-2)21(22(27)28)25-20(26)11-12-24-23(29)31-13-19-17-9-5-3-7-15(17)16-8-4-6-10-18(16)19/h3-10,14,19,21H,11-13H2,1-2H3,(H,24,29)(H,25,26)(H,27,28). The summed E-state index contributed by atoms with van der Waals surface area (Å²) in [7, 11) is 1.37. The molecule has 0 saturated heterocycles. The Balaban J connectivity index is 1.48. The van der Waals surface area contributed by atoms with Crippen molar-refractivity contribution >= 4 is 18.0 Å². The highest BCUT2D eigenvalue weighted by Crippen LogP contribution is 2.44. The number of alkyl carbamates (subject to hydrolysis) is 1. The lowest BCUT2D eigenvalue weighted by Crippen LogP contribution is -2.48. The van der Waals surface area contributed by atoms with Crippen molar-refractivity contribution in [3.8, 4) is 11.1 Å². The fraction of sp³-hybridized carbons (Fsp3) is 0.348. The van der Waals surface area contributed by atoms with Gasteiger partial charge in [-0.1, -0.05) is 48.5 Å². The molecule has 0 radical (unpaired) electrons. The molecule has 0 heterocycles. The molecule has 2 aromatic rings. The van der Waals surface area contributed by atoms with Crippen LogP contribution in [0.25, 0.3) is 11.1 Å². The second-order valence-electron chi connectivity index (χ2n) is 7.33. The summed E-state index contributed by atoms with van der Waals surface area (Å²) in [5.41, 5.74) is 4.51. The van der Waals surface area contributed by atoms with Crippen molar-refractivity contribution in [1.29, 1.82) is 0 Å². The fourth-order valence-electron chi connectivity index (χ4n) is 3.69. The zero-order valence-electron chi connectivity index (χ0n) is 17.5. The van der Waals surface area contributed by atoms with Crippen molar-refractivity contribution in [2.45, 2.75) is 31.4 Å². The van der Waals surface area contributed by atoms with E-state index >= 15 is 0 Å². The van der Waals surface area contributed by atoms with Gasteiger partial charge in [0.25, 0.3) is 0 Å². The van der Waals surface area contributed by atoms with Gasteiger partial charge in [0, 0.05) is 26.0 Å². The Morgan fingerprint density at radius 3 is 2.16 bits per heavy atom. The quantitative estimate of drug-likeness (QED) is 0.568. The van der Waals surface area contributed by atoms with Crippen LogP contribution in [-0.4, -0.2) is 55.5 Å². The number of hydrogen-bond donors (Lipinski definition) is 3. The summed E-state index contributed by atoms with van der Waals surface area (Å²) in [6.07, 6.45) is -1.39. The van der Waals surface area contributed by atoms with Gasteiger partial charge in [0.05, 0.1) is 6.10 Å². The first kappa shape index (κ1) is 22.3. The van der Waals surface area contributed by atoms with Gasteiger partial charge in [0.2, 0.25) is 5.91 Å². The summed E-state index contributed by atoms with van der Waals surface area (Å²) in [6.45, 7) is 1.75. The van der Waals surface area contributed by atoms with Gasteiger partial charge in [-0.3, -0.25) is 4.79 Å². The van der Waals surface area contributed by atoms with Gasteiger partial charge in [0.1, 0.15) is 6.61 Å². The van der Waals surface area contributed by atoms with Crippen LogP contribution in [0.3, 0.4) is 0 Å². The normalized spacial score (nSPS) is 14.1. The molecular formula is C23H26N2O6. The zero-order chi connectivity index (χ0) is 22.4. The van der Waals surface area contributed by atoms with Crippen LogP contribution in [0, 0.1) is 0 Å². The van der Waals surface area contributed by atoms with E-state index < -0.39 is 30.1 Å². The van der Waals surface area contributed by atoms with Crippen LogP contribution in [-0.2, 0) is 19.1 Å². The average molecular weight is 426 g/mol. The summed E-state index contributed by atoms with van der Waals surface area (Å²) < 4.78 is 10.4. The largest absolute Gasteiger partial charge is 0.480 e. The van der Waals surface area contributed by atoms with E-state index in [9.17, 15) is 14.4 Å². The number of carbonyl (C=O) groups excluding carboxylic acids is 2. The Kier molecular flexibility index (Phi) is 7.25. The molecule has 2 aromatic carbocycles. The predicted octanol–water partition coefficient (Wildman–Crippen LogP) is 2.52. The highest BCUT2D eigenvalue weighted by Gasteiger charge is 2.29. The van der Waals surface area contributed by atoms with E-state index in [-0.39, 0.29) is 25.5 Å². The lowest BCUT2D eigenvalue weighted by molar-refractivity contribution is -0.145. The fourth-order valence-corrected chi connectivity index (χ4v) is 3.69. The van der Waals surface area contributed by atoms with E-state index in [1.54, 1.807) is 6.92 Å². The molecule has 164 valence electrons. The Morgan fingerprint density at radius 1 is 1.03 bits per heavy atom. The molecule has 3 N–H and O–H groups in total. The molecule has 0 aliphatic heterocycles. The number of ether oxygens (including phenoxy) is 2. The van der Waals surface area contributed by atoms with Gasteiger partial charge in [0.15, 0.2) is 6.04 Å². The molecule has 1 aliphatic carbocycles. The molecule has 2 unspecified atom stereocenters. The minimum Gasteiger partial charge on any atom is -0.480 e. The van der Waals surface area contributed by atoms with E-state index in [0.717, 1.165) is 22.3 Å². The summed E-state index contributed by atoms with van der Waals surface area (Å²) in [4.78, 5) is 35.3. The van der Waals surface area contributed by atoms with Crippen molar-refractivity contribution in [3.63, 3.8) is 0 Å². The number of rotatable bonds is 9. The number of hydrogen-bond acceptors (Lipinski definition) is 5. The third kappa shape index (κ3) is 5.21. The van der Waals surface area contributed by atoms with Crippen LogP contribution in [0.15, 0.2) is 48.5 Å². The highest BCUT2D eigenvalue weighted by molar-refractivity contribution is 5.84. The minimum absolute atomic E-state index is 0.0240. The summed E-state index contributed by atoms with van der Waals surface area (Å²) in [5, 5.41) is 14.1. The maximum atomic E-state index is 12.1. The average Bonchev–Trinajstić information content (AvgIpc) is 3.09. The van der Waals surface area contributed by atoms with Crippen molar-refractivity contribution in [1.82, 2.24) is 10.6 Å². The molecule has 0 spiro atoms. The molecule has 8 heteroatoms. The van der Waals surface area contributed by atoms with E-state index in [1.165, 1.54) is 7.11 Å². The monoisotopic (exact) mass is 426 g/mol. The molecule has 2 atom stereocenters. The predicted molar refractivity (Wildman–Crippen MR) is 114 cm³/mol. The molecule has 2 amide bonds. The second-order valence-corrected chi connectivity index (χ2v) is 7.33. The number of methoxy groups -OCH3 is 1. The summed E-state index contributed by atoms with van der Waals surface area (Å²) >= 11 is 0. The Morgan fingerprint density at radius 2 is 1.61 bits per heavy atom. The van der Waals surface area contributed by atoms with Crippen molar-refractivity contribution in [3.05, 3.63) is 59.7 Å². The van der Waals surface area contributed by atoms with Crippen LogP contribution in [0.5, 0.6) is 0 Å². The number of carbonyl (C=O) groups is 3. The van der Waals surface area contributed by atoms with Crippen LogP contribution in [0.1, 0.15) is 30.4 Å². The van der Waals surface area contributed by atoms with Crippen molar-refractivity contribution in [2.75, 3.05) is 20.3 Å². The molecule has 1 aliphatic rings. The third-order valence-electron chi connectivity index (χ3n) is 5.39. The van der Waals surface area contributed by atoms with Crippen LogP contribution in [0.4, 0.5) is 4.79 Å². The number of aliphatic carboxylic acids is 1. The van der Waals surface area contributed by atoms with Gasteiger partial charge < -0.3 is 25.2 Å². The number of carboxylic acid groups (broad SMARTS) is 1. The van der Waals surface area contributed by atoms with Gasteiger partial charge in [-0.2, -0.15) is 0 Å². The molecule has 0 aromatic heterocycles. The maximum absolute atomic E-state index is 12.1. The van der Waals surface area contributed by atoms with Crippen LogP contribution >= 0.6 is 0 Å². The molecule has 31 heavy (non-hydrogen) atoms. The lowest BCUT2D eigenvalue weighted by Gasteiger charge is -2.20. The maximum Gasteiger partial charge on any atom is 0.407 e. The highest BCUT2D eigenvalue weighted by atomic mass is 16.5. The number of amides is 2. The summed E-state index contributed by atoms with van der Waals surface area (Å²) in [5.74, 6) is -1.74. The van der Waals surface area contributed by atoms with Gasteiger partial charge >= 0.3 is 12.1 Å². The van der Waals surface area contributed by atoms with Gasteiger partial charge in [-0.05, 0) is 29.2 Å². The third-order valence-corrected chi connectivity index (χ3v) is 5.39. The first-order chi connectivity index (χ1) is 14.9. The number of nitrogens with one attached hydrogen (secondary N) is 2. The zero-order valence-corrected chi connectivity index (χ0v) is 17.5. The van der Waals surface area contributed by atoms with Gasteiger partial charge in [-0.15, -0.1) is 0 Å². The number of carboxylic acids is 1. The molecule has 3 rings (SSSR count). The van der Waals surface area contributed by atoms with E-state index in [2.05, 4.69) is 22.8 Å². The van der Waals surface area contributed by atoms with E-state index in [0.29, 0.717) is 0 Å². The van der Waals surface area contributed by atoms with Crippen molar-refractivity contribution in [2.24, 2.45) is 0 Å². The molecule has 0 bridgehead atoms. The molecule has 0 fully saturated rings. The van der Waals surface area contributed by atoms with E-state index in [1.807, 2.05) is 36.4 Å². The Hall–Kier alpha value is -3.39. The Labute approximate surface area is 180 Å². The smallest absolute Gasteiger partial charge is 0.407 e.